The first kappa shape index (κ1) is 22.9. The van der Waals surface area contributed by atoms with E-state index in [0.29, 0.717) is 18.3 Å². The summed E-state index contributed by atoms with van der Waals surface area (Å²) in [7, 11) is 0. The third kappa shape index (κ3) is 4.97. The third-order valence-corrected chi connectivity index (χ3v) is 7.25. The second-order valence-corrected chi connectivity index (χ2v) is 10.6. The van der Waals surface area contributed by atoms with Crippen LogP contribution in [0.3, 0.4) is 0 Å². The van der Waals surface area contributed by atoms with Crippen molar-refractivity contribution in [3.8, 4) is 0 Å². The second-order valence-electron chi connectivity index (χ2n) is 10.6. The Kier molecular flexibility index (Phi) is 6.70. The maximum atomic E-state index is 12.3. The highest BCUT2D eigenvalue weighted by Crippen LogP contribution is 2.61. The zero-order valence-electron chi connectivity index (χ0n) is 19.0. The van der Waals surface area contributed by atoms with Gasteiger partial charge in [0.2, 0.25) is 0 Å². The summed E-state index contributed by atoms with van der Waals surface area (Å²) in [5.41, 5.74) is 1.67. The van der Waals surface area contributed by atoms with Crippen LogP contribution in [0.25, 0.3) is 0 Å². The van der Waals surface area contributed by atoms with E-state index in [1.54, 1.807) is 12.2 Å². The van der Waals surface area contributed by atoms with Crippen molar-refractivity contribution >= 4 is 5.97 Å². The van der Waals surface area contributed by atoms with Gasteiger partial charge in [0.25, 0.3) is 0 Å². The van der Waals surface area contributed by atoms with Crippen LogP contribution in [0.2, 0.25) is 0 Å². The molecule has 1 fully saturated rings. The standard InChI is InChI=1S/C25H40O3/c1-9-24(7,27)13-12-20-18(4)10-11-21-23(5,6)15-19(16-25(20,21)8)28-22(26)14-17(2)3/h9-10,14,19-21,27H,1,11-13,15-16H2,2-8H3. The highest BCUT2D eigenvalue weighted by molar-refractivity contribution is 5.82. The molecule has 0 heterocycles. The van der Waals surface area contributed by atoms with Gasteiger partial charge in [-0.05, 0) is 82.5 Å². The molecule has 2 aliphatic rings. The van der Waals surface area contributed by atoms with Gasteiger partial charge in [-0.2, -0.15) is 0 Å². The Bertz CT molecular complexity index is 663. The molecule has 158 valence electrons. The van der Waals surface area contributed by atoms with Gasteiger partial charge in [0.1, 0.15) is 6.10 Å². The van der Waals surface area contributed by atoms with Gasteiger partial charge in [-0.3, -0.25) is 0 Å². The van der Waals surface area contributed by atoms with Crippen LogP contribution in [0.4, 0.5) is 0 Å². The summed E-state index contributed by atoms with van der Waals surface area (Å²) in [4.78, 5) is 12.3. The van der Waals surface area contributed by atoms with Crippen LogP contribution >= 0.6 is 0 Å². The summed E-state index contributed by atoms with van der Waals surface area (Å²) >= 11 is 0. The molecule has 2 rings (SSSR count). The van der Waals surface area contributed by atoms with Crippen molar-refractivity contribution in [2.45, 2.75) is 92.3 Å². The van der Waals surface area contributed by atoms with Crippen molar-refractivity contribution in [1.29, 1.82) is 0 Å². The molecule has 3 heteroatoms. The molecule has 0 spiro atoms. The lowest BCUT2D eigenvalue weighted by Crippen LogP contribution is -2.53. The van der Waals surface area contributed by atoms with Crippen LogP contribution in [-0.4, -0.2) is 22.8 Å². The van der Waals surface area contributed by atoms with E-state index in [1.165, 1.54) is 5.57 Å². The lowest BCUT2D eigenvalue weighted by molar-refractivity contribution is -0.158. The first-order valence-corrected chi connectivity index (χ1v) is 10.7. The van der Waals surface area contributed by atoms with Crippen molar-refractivity contribution in [2.24, 2.45) is 22.7 Å². The number of allylic oxidation sites excluding steroid dienone is 3. The highest BCUT2D eigenvalue weighted by atomic mass is 16.5. The predicted molar refractivity (Wildman–Crippen MR) is 116 cm³/mol. The maximum absolute atomic E-state index is 12.3. The quantitative estimate of drug-likeness (QED) is 0.345. The largest absolute Gasteiger partial charge is 0.459 e. The minimum atomic E-state index is -0.844. The average molecular weight is 389 g/mol. The Balaban J connectivity index is 2.30. The summed E-state index contributed by atoms with van der Waals surface area (Å²) < 4.78 is 5.90. The highest BCUT2D eigenvalue weighted by Gasteiger charge is 2.55. The SMILES string of the molecule is C=CC(C)(O)CCC1C(C)=CCC2C(C)(C)CC(OC(=O)C=C(C)C)CC12C. The molecule has 5 unspecified atom stereocenters. The normalized spacial score (nSPS) is 33.7. The molecular weight excluding hydrogens is 348 g/mol. The van der Waals surface area contributed by atoms with Gasteiger partial charge in [-0.15, -0.1) is 6.58 Å². The maximum Gasteiger partial charge on any atom is 0.330 e. The smallest absolute Gasteiger partial charge is 0.330 e. The minimum Gasteiger partial charge on any atom is -0.459 e. The Morgan fingerprint density at radius 1 is 1.36 bits per heavy atom. The monoisotopic (exact) mass is 388 g/mol. The summed E-state index contributed by atoms with van der Waals surface area (Å²) in [5.74, 6) is 0.694. The van der Waals surface area contributed by atoms with E-state index in [9.17, 15) is 9.90 Å². The van der Waals surface area contributed by atoms with Gasteiger partial charge < -0.3 is 9.84 Å². The van der Waals surface area contributed by atoms with Crippen molar-refractivity contribution in [3.05, 3.63) is 36.0 Å². The number of rotatable bonds is 6. The van der Waals surface area contributed by atoms with Gasteiger partial charge in [0.15, 0.2) is 0 Å². The molecule has 0 aliphatic heterocycles. The Hall–Kier alpha value is -1.35. The second kappa shape index (κ2) is 8.18. The number of fused-ring (bicyclic) bond motifs is 1. The molecule has 28 heavy (non-hydrogen) atoms. The summed E-state index contributed by atoms with van der Waals surface area (Å²) in [6.07, 6.45) is 10.0. The van der Waals surface area contributed by atoms with Gasteiger partial charge >= 0.3 is 5.97 Å². The molecule has 0 saturated heterocycles. The van der Waals surface area contributed by atoms with Crippen LogP contribution in [0, 0.1) is 22.7 Å². The van der Waals surface area contributed by atoms with Crippen molar-refractivity contribution in [3.63, 3.8) is 0 Å². The van der Waals surface area contributed by atoms with Crippen LogP contribution in [-0.2, 0) is 9.53 Å². The lowest BCUT2D eigenvalue weighted by atomic mass is 9.47. The molecule has 0 aromatic heterocycles. The molecule has 0 bridgehead atoms. The van der Waals surface area contributed by atoms with Crippen molar-refractivity contribution < 1.29 is 14.6 Å². The molecule has 0 aromatic carbocycles. The zero-order chi connectivity index (χ0) is 21.3. The topological polar surface area (TPSA) is 46.5 Å². The number of hydrogen-bond donors (Lipinski definition) is 1. The number of hydrogen-bond acceptors (Lipinski definition) is 3. The number of esters is 1. The number of ether oxygens (including phenoxy) is 1. The Morgan fingerprint density at radius 2 is 2.00 bits per heavy atom. The molecule has 0 amide bonds. The fourth-order valence-electron chi connectivity index (χ4n) is 5.88. The molecule has 0 radical (unpaired) electrons. The third-order valence-electron chi connectivity index (χ3n) is 7.25. The minimum absolute atomic E-state index is 0.0494. The summed E-state index contributed by atoms with van der Waals surface area (Å²) in [6.45, 7) is 18.7. The molecule has 0 aromatic rings. The number of carbonyl (C=O) groups is 1. The van der Waals surface area contributed by atoms with E-state index in [1.807, 2.05) is 20.8 Å². The van der Waals surface area contributed by atoms with Crippen LogP contribution in [0.15, 0.2) is 36.0 Å². The predicted octanol–water partition coefficient (Wildman–Crippen LogP) is 5.99. The van der Waals surface area contributed by atoms with E-state index in [2.05, 4.69) is 40.3 Å². The average Bonchev–Trinajstić information content (AvgIpc) is 2.51. The molecular formula is C25H40O3. The van der Waals surface area contributed by atoms with Gasteiger partial charge in [-0.25, -0.2) is 4.79 Å². The van der Waals surface area contributed by atoms with Crippen LogP contribution in [0.5, 0.6) is 0 Å². The fourth-order valence-corrected chi connectivity index (χ4v) is 5.88. The molecule has 5 atom stereocenters. The van der Waals surface area contributed by atoms with Crippen molar-refractivity contribution in [1.82, 2.24) is 0 Å². The van der Waals surface area contributed by atoms with Gasteiger partial charge in [-0.1, -0.05) is 44.1 Å². The Morgan fingerprint density at radius 3 is 2.57 bits per heavy atom. The number of carbonyl (C=O) groups excluding carboxylic acids is 1. The first-order chi connectivity index (χ1) is 12.8. The van der Waals surface area contributed by atoms with E-state index in [-0.39, 0.29) is 22.9 Å². The first-order valence-electron chi connectivity index (χ1n) is 10.7. The summed E-state index contributed by atoms with van der Waals surface area (Å²) in [6, 6.07) is 0. The van der Waals surface area contributed by atoms with E-state index in [0.717, 1.165) is 31.3 Å². The van der Waals surface area contributed by atoms with E-state index >= 15 is 0 Å². The van der Waals surface area contributed by atoms with E-state index in [4.69, 9.17) is 4.74 Å². The van der Waals surface area contributed by atoms with Gasteiger partial charge in [0.05, 0.1) is 5.60 Å². The van der Waals surface area contributed by atoms with Crippen molar-refractivity contribution in [2.75, 3.05) is 0 Å². The van der Waals surface area contributed by atoms with Gasteiger partial charge in [0, 0.05) is 6.08 Å². The van der Waals surface area contributed by atoms with Crippen LogP contribution < -0.4 is 0 Å². The molecule has 1 N–H and O–H groups in total. The van der Waals surface area contributed by atoms with E-state index < -0.39 is 5.60 Å². The summed E-state index contributed by atoms with van der Waals surface area (Å²) in [5, 5.41) is 10.5. The lowest BCUT2D eigenvalue weighted by Gasteiger charge is -2.58. The Labute approximate surface area is 171 Å². The fraction of sp³-hybridized carbons (Fsp3) is 0.720. The molecule has 3 nitrogen and oxygen atoms in total. The zero-order valence-corrected chi connectivity index (χ0v) is 19.0. The molecule has 2 aliphatic carbocycles. The number of aliphatic hydroxyl groups is 1. The van der Waals surface area contributed by atoms with Crippen LogP contribution in [0.1, 0.15) is 80.6 Å². The molecule has 1 saturated carbocycles.